The van der Waals surface area contributed by atoms with Gasteiger partial charge in [-0.15, -0.1) is 11.3 Å². The summed E-state index contributed by atoms with van der Waals surface area (Å²) >= 11 is 1.75. The highest BCUT2D eigenvalue weighted by Crippen LogP contribution is 2.17. The van der Waals surface area contributed by atoms with Crippen molar-refractivity contribution in [3.8, 4) is 5.88 Å². The Bertz CT molecular complexity index is 522. The summed E-state index contributed by atoms with van der Waals surface area (Å²) < 4.78 is 5.31. The number of nitrogens with one attached hydrogen (secondary N) is 1. The van der Waals surface area contributed by atoms with Crippen molar-refractivity contribution < 1.29 is 4.74 Å². The number of hydrogen-bond acceptors (Lipinski definition) is 6. The van der Waals surface area contributed by atoms with E-state index in [1.54, 1.807) is 23.7 Å². The van der Waals surface area contributed by atoms with Crippen molar-refractivity contribution in [2.24, 2.45) is 0 Å². The van der Waals surface area contributed by atoms with Gasteiger partial charge in [-0.25, -0.2) is 4.98 Å². The highest BCUT2D eigenvalue weighted by molar-refractivity contribution is 7.11. The smallest absolute Gasteiger partial charge is 0.234 e. The topological polar surface area (TPSA) is 59.9 Å². The van der Waals surface area contributed by atoms with Crippen LogP contribution in [0.15, 0.2) is 12.4 Å². The molecule has 0 saturated heterocycles. The second kappa shape index (κ2) is 6.47. The van der Waals surface area contributed by atoms with Gasteiger partial charge < -0.3 is 10.1 Å². The van der Waals surface area contributed by atoms with Crippen LogP contribution in [0.1, 0.15) is 22.5 Å². The molecule has 5 nitrogen and oxygen atoms in total. The van der Waals surface area contributed by atoms with Crippen LogP contribution < -0.4 is 10.1 Å². The van der Waals surface area contributed by atoms with Crippen LogP contribution in [0.2, 0.25) is 0 Å². The minimum absolute atomic E-state index is 0.549. The lowest BCUT2D eigenvalue weighted by Crippen LogP contribution is -2.07. The number of ether oxygens (including phenoxy) is 1. The van der Waals surface area contributed by atoms with E-state index in [1.807, 2.05) is 13.8 Å². The van der Waals surface area contributed by atoms with Crippen molar-refractivity contribution in [1.29, 1.82) is 0 Å². The van der Waals surface area contributed by atoms with Crippen LogP contribution in [-0.4, -0.2) is 28.1 Å². The fourth-order valence-electron chi connectivity index (χ4n) is 1.59. The van der Waals surface area contributed by atoms with Crippen LogP contribution in [-0.2, 0) is 6.42 Å². The normalized spacial score (nSPS) is 10.5. The van der Waals surface area contributed by atoms with Crippen LogP contribution in [0.4, 0.5) is 5.82 Å². The summed E-state index contributed by atoms with van der Waals surface area (Å²) in [5.74, 6) is 1.28. The molecule has 1 N–H and O–H groups in total. The molecular weight excluding hydrogens is 260 g/mol. The first-order valence-electron chi connectivity index (χ1n) is 6.30. The highest BCUT2D eigenvalue weighted by Gasteiger charge is 2.04. The molecule has 2 heterocycles. The molecule has 0 aliphatic heterocycles. The first kappa shape index (κ1) is 13.7. The maximum absolute atomic E-state index is 5.31. The molecule has 19 heavy (non-hydrogen) atoms. The Morgan fingerprint density at radius 3 is 2.79 bits per heavy atom. The second-order valence-corrected chi connectivity index (χ2v) is 5.39. The van der Waals surface area contributed by atoms with Gasteiger partial charge >= 0.3 is 0 Å². The number of hydrogen-bond donors (Lipinski definition) is 1. The third kappa shape index (κ3) is 3.89. The third-order valence-corrected chi connectivity index (χ3v) is 3.76. The quantitative estimate of drug-likeness (QED) is 0.880. The standard InChI is InChI=1S/C13H18N4OS/c1-4-18-12-8-14-7-11(17-12)15-6-5-13-16-9(2)10(3)19-13/h7-8H,4-6H2,1-3H3,(H,15,17). The molecule has 6 heteroatoms. The number of aryl methyl sites for hydroxylation is 2. The van der Waals surface area contributed by atoms with Gasteiger partial charge in [0.1, 0.15) is 5.82 Å². The van der Waals surface area contributed by atoms with E-state index in [9.17, 15) is 0 Å². The number of rotatable bonds is 6. The Hall–Kier alpha value is -1.69. The van der Waals surface area contributed by atoms with Crippen molar-refractivity contribution in [2.75, 3.05) is 18.5 Å². The lowest BCUT2D eigenvalue weighted by atomic mass is 10.4. The van der Waals surface area contributed by atoms with Crippen LogP contribution >= 0.6 is 11.3 Å². The predicted octanol–water partition coefficient (Wildman–Crippen LogP) is 2.60. The van der Waals surface area contributed by atoms with E-state index in [0.717, 1.165) is 29.5 Å². The lowest BCUT2D eigenvalue weighted by Gasteiger charge is -2.06. The Morgan fingerprint density at radius 2 is 2.11 bits per heavy atom. The first-order chi connectivity index (χ1) is 9.19. The second-order valence-electron chi connectivity index (χ2n) is 4.10. The molecule has 0 spiro atoms. The third-order valence-electron chi connectivity index (χ3n) is 2.62. The predicted molar refractivity (Wildman–Crippen MR) is 77.0 cm³/mol. The van der Waals surface area contributed by atoms with Crippen molar-refractivity contribution in [3.63, 3.8) is 0 Å². The van der Waals surface area contributed by atoms with E-state index < -0.39 is 0 Å². The Morgan fingerprint density at radius 1 is 1.26 bits per heavy atom. The van der Waals surface area contributed by atoms with Crippen LogP contribution in [0, 0.1) is 13.8 Å². The molecule has 0 radical (unpaired) electrons. The molecule has 2 rings (SSSR count). The maximum Gasteiger partial charge on any atom is 0.234 e. The number of nitrogens with zero attached hydrogens (tertiary/aromatic N) is 3. The highest BCUT2D eigenvalue weighted by atomic mass is 32.1. The van der Waals surface area contributed by atoms with Gasteiger partial charge in [-0.1, -0.05) is 0 Å². The average Bonchev–Trinajstić information content (AvgIpc) is 2.70. The van der Waals surface area contributed by atoms with Crippen molar-refractivity contribution in [1.82, 2.24) is 15.0 Å². The van der Waals surface area contributed by atoms with E-state index in [1.165, 1.54) is 4.88 Å². The molecule has 0 unspecified atom stereocenters. The SMILES string of the molecule is CCOc1cncc(NCCc2nc(C)c(C)s2)n1. The van der Waals surface area contributed by atoms with Crippen molar-refractivity contribution >= 4 is 17.2 Å². The molecule has 0 bridgehead atoms. The Balaban J connectivity index is 1.86. The van der Waals surface area contributed by atoms with E-state index in [-0.39, 0.29) is 0 Å². The molecule has 0 saturated carbocycles. The maximum atomic E-state index is 5.31. The van der Waals surface area contributed by atoms with Gasteiger partial charge in [-0.05, 0) is 20.8 Å². The molecule has 2 aromatic heterocycles. The molecule has 0 amide bonds. The monoisotopic (exact) mass is 278 g/mol. The van der Waals surface area contributed by atoms with Gasteiger partial charge in [0.05, 0.1) is 29.7 Å². The summed E-state index contributed by atoms with van der Waals surface area (Å²) in [6.07, 6.45) is 4.20. The van der Waals surface area contributed by atoms with Crippen molar-refractivity contribution in [3.05, 3.63) is 28.0 Å². The zero-order chi connectivity index (χ0) is 13.7. The fraction of sp³-hybridized carbons (Fsp3) is 0.462. The van der Waals surface area contributed by atoms with E-state index in [0.29, 0.717) is 12.5 Å². The van der Waals surface area contributed by atoms with Crippen LogP contribution in [0.3, 0.4) is 0 Å². The zero-order valence-electron chi connectivity index (χ0n) is 11.4. The van der Waals surface area contributed by atoms with Crippen LogP contribution in [0.5, 0.6) is 5.88 Å². The summed E-state index contributed by atoms with van der Waals surface area (Å²) in [4.78, 5) is 14.2. The van der Waals surface area contributed by atoms with E-state index in [4.69, 9.17) is 4.74 Å². The van der Waals surface area contributed by atoms with Gasteiger partial charge in [0, 0.05) is 17.8 Å². The van der Waals surface area contributed by atoms with Gasteiger partial charge in [-0.3, -0.25) is 4.98 Å². The fourth-order valence-corrected chi connectivity index (χ4v) is 2.53. The molecule has 0 aromatic carbocycles. The Kier molecular flexibility index (Phi) is 4.68. The zero-order valence-corrected chi connectivity index (χ0v) is 12.3. The molecule has 0 aliphatic rings. The molecule has 102 valence electrons. The summed E-state index contributed by atoms with van der Waals surface area (Å²) in [5, 5.41) is 4.38. The minimum atomic E-state index is 0.549. The summed E-state index contributed by atoms with van der Waals surface area (Å²) in [7, 11) is 0. The van der Waals surface area contributed by atoms with E-state index in [2.05, 4.69) is 27.2 Å². The average molecular weight is 278 g/mol. The lowest BCUT2D eigenvalue weighted by molar-refractivity contribution is 0.325. The number of thiazole rings is 1. The van der Waals surface area contributed by atoms with Gasteiger partial charge in [0.25, 0.3) is 0 Å². The summed E-state index contributed by atoms with van der Waals surface area (Å²) in [6.45, 7) is 7.45. The summed E-state index contributed by atoms with van der Waals surface area (Å²) in [5.41, 5.74) is 1.12. The number of anilines is 1. The summed E-state index contributed by atoms with van der Waals surface area (Å²) in [6, 6.07) is 0. The molecule has 0 atom stereocenters. The Labute approximate surface area is 117 Å². The van der Waals surface area contributed by atoms with Crippen molar-refractivity contribution in [2.45, 2.75) is 27.2 Å². The minimum Gasteiger partial charge on any atom is -0.477 e. The first-order valence-corrected chi connectivity index (χ1v) is 7.12. The van der Waals surface area contributed by atoms with Crippen LogP contribution in [0.25, 0.3) is 0 Å². The van der Waals surface area contributed by atoms with Gasteiger partial charge in [-0.2, -0.15) is 4.98 Å². The number of aromatic nitrogens is 3. The van der Waals surface area contributed by atoms with E-state index >= 15 is 0 Å². The molecule has 2 aromatic rings. The molecule has 0 aliphatic carbocycles. The molecule has 0 fully saturated rings. The molecular formula is C13H18N4OS. The largest absolute Gasteiger partial charge is 0.477 e. The van der Waals surface area contributed by atoms with Gasteiger partial charge in [0.2, 0.25) is 5.88 Å². The van der Waals surface area contributed by atoms with Gasteiger partial charge in [0.15, 0.2) is 0 Å².